The lowest BCUT2D eigenvalue weighted by molar-refractivity contribution is 0.572. The molecule has 9 heteroatoms. The van der Waals surface area contributed by atoms with Crippen molar-refractivity contribution in [2.75, 3.05) is 18.8 Å². The Morgan fingerprint density at radius 1 is 1.40 bits per heavy atom. The Morgan fingerprint density at radius 3 is 2.75 bits per heavy atom. The van der Waals surface area contributed by atoms with E-state index in [0.29, 0.717) is 25.8 Å². The van der Waals surface area contributed by atoms with E-state index >= 15 is 0 Å². The molecule has 0 bridgehead atoms. The van der Waals surface area contributed by atoms with E-state index in [9.17, 15) is 16.8 Å². The maximum Gasteiger partial charge on any atom is 0.250 e. The first-order chi connectivity index (χ1) is 9.35. The molecular formula is C11H18N2O4S3. The molecular weight excluding hydrogens is 320 g/mol. The van der Waals surface area contributed by atoms with Crippen molar-refractivity contribution in [3.05, 3.63) is 17.0 Å². The van der Waals surface area contributed by atoms with Gasteiger partial charge < -0.3 is 5.73 Å². The highest BCUT2D eigenvalue weighted by atomic mass is 32.2. The molecule has 1 aromatic rings. The van der Waals surface area contributed by atoms with Crippen molar-refractivity contribution in [1.29, 1.82) is 0 Å². The Kier molecular flexibility index (Phi) is 4.85. The Hall–Kier alpha value is -0.480. The number of hydrogen-bond acceptors (Lipinski definition) is 6. The summed E-state index contributed by atoms with van der Waals surface area (Å²) in [5, 5.41) is -0.597. The summed E-state index contributed by atoms with van der Waals surface area (Å²) >= 11 is 1.17. The van der Waals surface area contributed by atoms with E-state index in [2.05, 4.69) is 4.72 Å². The highest BCUT2D eigenvalue weighted by molar-refractivity contribution is 7.93. The fourth-order valence-corrected chi connectivity index (χ4v) is 6.51. The van der Waals surface area contributed by atoms with Crippen LogP contribution in [0.5, 0.6) is 0 Å². The minimum atomic E-state index is -3.63. The van der Waals surface area contributed by atoms with Crippen LogP contribution in [0.25, 0.3) is 0 Å². The van der Waals surface area contributed by atoms with Crippen LogP contribution in [0.3, 0.4) is 0 Å². The summed E-state index contributed by atoms with van der Waals surface area (Å²) < 4.78 is 50.1. The van der Waals surface area contributed by atoms with Crippen LogP contribution in [0.4, 0.5) is 0 Å². The zero-order valence-electron chi connectivity index (χ0n) is 10.9. The number of hydrogen-bond donors (Lipinski definition) is 2. The number of sulfone groups is 1. The summed E-state index contributed by atoms with van der Waals surface area (Å²) in [5.74, 6) is 0.152. The summed E-state index contributed by atoms with van der Waals surface area (Å²) in [4.78, 5) is 0.904. The van der Waals surface area contributed by atoms with Crippen LogP contribution in [0.15, 0.2) is 16.3 Å². The molecule has 20 heavy (non-hydrogen) atoms. The van der Waals surface area contributed by atoms with Crippen molar-refractivity contribution in [3.8, 4) is 0 Å². The number of rotatable bonds is 6. The molecule has 1 saturated heterocycles. The van der Waals surface area contributed by atoms with E-state index in [-0.39, 0.29) is 16.5 Å². The fraction of sp³-hybridized carbons (Fsp3) is 0.636. The van der Waals surface area contributed by atoms with Gasteiger partial charge in [0.15, 0.2) is 9.84 Å². The molecule has 1 atom stereocenters. The molecule has 0 spiro atoms. The van der Waals surface area contributed by atoms with E-state index in [0.717, 1.165) is 4.88 Å². The molecule has 0 radical (unpaired) electrons. The van der Waals surface area contributed by atoms with Gasteiger partial charge in [0, 0.05) is 11.4 Å². The van der Waals surface area contributed by atoms with Gasteiger partial charge in [-0.2, -0.15) is 0 Å². The van der Waals surface area contributed by atoms with Crippen LogP contribution < -0.4 is 10.5 Å². The van der Waals surface area contributed by atoms with Crippen LogP contribution in [-0.2, 0) is 26.3 Å². The number of nitrogens with two attached hydrogens (primary N) is 1. The molecule has 0 amide bonds. The van der Waals surface area contributed by atoms with E-state index < -0.39 is 25.1 Å². The van der Waals surface area contributed by atoms with Gasteiger partial charge in [0.25, 0.3) is 0 Å². The molecule has 1 aromatic heterocycles. The third-order valence-corrected chi connectivity index (χ3v) is 8.59. The van der Waals surface area contributed by atoms with E-state index in [1.165, 1.54) is 17.4 Å². The minimum Gasteiger partial charge on any atom is -0.330 e. The Morgan fingerprint density at radius 2 is 2.15 bits per heavy atom. The van der Waals surface area contributed by atoms with Gasteiger partial charge in [-0.25, -0.2) is 21.6 Å². The van der Waals surface area contributed by atoms with Gasteiger partial charge >= 0.3 is 0 Å². The monoisotopic (exact) mass is 338 g/mol. The van der Waals surface area contributed by atoms with Gasteiger partial charge in [0.1, 0.15) is 4.21 Å². The zero-order valence-corrected chi connectivity index (χ0v) is 13.4. The van der Waals surface area contributed by atoms with E-state index in [1.54, 1.807) is 6.07 Å². The Labute approximate surface area is 123 Å². The van der Waals surface area contributed by atoms with Gasteiger partial charge in [-0.1, -0.05) is 0 Å². The molecule has 1 fully saturated rings. The van der Waals surface area contributed by atoms with Crippen LogP contribution in [0, 0.1) is 0 Å². The van der Waals surface area contributed by atoms with Gasteiger partial charge in [-0.15, -0.1) is 11.3 Å². The first-order valence-corrected chi connectivity index (χ1v) is 10.4. The summed E-state index contributed by atoms with van der Waals surface area (Å²) in [6, 6.07) is 3.26. The molecule has 1 aliphatic rings. The lowest BCUT2D eigenvalue weighted by Gasteiger charge is -2.10. The van der Waals surface area contributed by atoms with E-state index in [4.69, 9.17) is 5.73 Å². The predicted octanol–water partition coefficient (Wildman–Crippen LogP) is 0.105. The maximum atomic E-state index is 12.1. The smallest absolute Gasteiger partial charge is 0.250 e. The fourth-order valence-electron chi connectivity index (χ4n) is 2.14. The normalized spacial score (nSPS) is 22.1. The Bertz CT molecular complexity index is 664. The summed E-state index contributed by atoms with van der Waals surface area (Å²) in [7, 11) is -6.77. The lowest BCUT2D eigenvalue weighted by atomic mass is 10.2. The molecule has 6 nitrogen and oxygen atoms in total. The molecule has 2 rings (SSSR count). The van der Waals surface area contributed by atoms with Crippen molar-refractivity contribution in [1.82, 2.24) is 4.72 Å². The predicted molar refractivity (Wildman–Crippen MR) is 79.1 cm³/mol. The standard InChI is InChI=1S/C11H18N2O4S3/c12-6-5-9-3-4-11(18-9)20(16,17)13-8-10-2-1-7-19(10,14)15/h3-4,10,13H,1-2,5-8,12H2. The first-order valence-electron chi connectivity index (χ1n) is 6.35. The molecule has 1 unspecified atom stereocenters. The second kappa shape index (κ2) is 6.10. The van der Waals surface area contributed by atoms with Crippen molar-refractivity contribution >= 4 is 31.2 Å². The first kappa shape index (κ1) is 15.9. The quantitative estimate of drug-likeness (QED) is 0.765. The molecule has 0 aromatic carbocycles. The average Bonchev–Trinajstić information content (AvgIpc) is 2.94. The van der Waals surface area contributed by atoms with Crippen LogP contribution in [0.2, 0.25) is 0 Å². The number of nitrogens with one attached hydrogen (secondary N) is 1. The molecule has 2 heterocycles. The highest BCUT2D eigenvalue weighted by Gasteiger charge is 2.32. The van der Waals surface area contributed by atoms with Crippen molar-refractivity contribution in [2.24, 2.45) is 5.73 Å². The van der Waals surface area contributed by atoms with Gasteiger partial charge in [-0.05, 0) is 37.9 Å². The van der Waals surface area contributed by atoms with Crippen LogP contribution in [-0.4, -0.2) is 40.9 Å². The van der Waals surface area contributed by atoms with Crippen molar-refractivity contribution < 1.29 is 16.8 Å². The van der Waals surface area contributed by atoms with Gasteiger partial charge in [0.2, 0.25) is 10.0 Å². The molecule has 3 N–H and O–H groups in total. The largest absolute Gasteiger partial charge is 0.330 e. The third-order valence-electron chi connectivity index (χ3n) is 3.26. The average molecular weight is 338 g/mol. The van der Waals surface area contributed by atoms with Gasteiger partial charge in [0.05, 0.1) is 11.0 Å². The second-order valence-electron chi connectivity index (χ2n) is 4.74. The number of sulfonamides is 1. The van der Waals surface area contributed by atoms with Crippen molar-refractivity contribution in [2.45, 2.75) is 28.7 Å². The maximum absolute atomic E-state index is 12.1. The highest BCUT2D eigenvalue weighted by Crippen LogP contribution is 2.23. The summed E-state index contributed by atoms with van der Waals surface area (Å²) in [5.41, 5.74) is 5.42. The van der Waals surface area contributed by atoms with Crippen LogP contribution >= 0.6 is 11.3 Å². The van der Waals surface area contributed by atoms with Crippen LogP contribution in [0.1, 0.15) is 17.7 Å². The topological polar surface area (TPSA) is 106 Å². The molecule has 114 valence electrons. The summed E-state index contributed by atoms with van der Waals surface area (Å²) in [6.45, 7) is 0.419. The zero-order chi connectivity index (χ0) is 14.8. The van der Waals surface area contributed by atoms with Crippen molar-refractivity contribution in [3.63, 3.8) is 0 Å². The third kappa shape index (κ3) is 3.59. The minimum absolute atomic E-state index is 0.0468. The lowest BCUT2D eigenvalue weighted by Crippen LogP contribution is -2.34. The summed E-state index contributed by atoms with van der Waals surface area (Å²) in [6.07, 6.45) is 1.76. The van der Waals surface area contributed by atoms with E-state index in [1.807, 2.05) is 0 Å². The second-order valence-corrected chi connectivity index (χ2v) is 10.3. The molecule has 1 aliphatic heterocycles. The van der Waals surface area contributed by atoms with Gasteiger partial charge in [-0.3, -0.25) is 0 Å². The SMILES string of the molecule is NCCc1ccc(S(=O)(=O)NCC2CCCS2(=O)=O)s1. The molecule has 0 saturated carbocycles. The number of thiophene rings is 1. The Balaban J connectivity index is 2.03. The molecule has 0 aliphatic carbocycles.